The van der Waals surface area contributed by atoms with Gasteiger partial charge in [0.25, 0.3) is 0 Å². The van der Waals surface area contributed by atoms with Gasteiger partial charge in [-0.15, -0.1) is 0 Å². The van der Waals surface area contributed by atoms with Gasteiger partial charge in [0.15, 0.2) is 0 Å². The first-order chi connectivity index (χ1) is 6.70. The van der Waals surface area contributed by atoms with Gasteiger partial charge in [-0.25, -0.2) is 4.79 Å². The van der Waals surface area contributed by atoms with Crippen LogP contribution >= 0.6 is 0 Å². The molecule has 1 N–H and O–H groups in total. The highest BCUT2D eigenvalue weighted by Crippen LogP contribution is 2.29. The second kappa shape index (κ2) is 3.06. The summed E-state index contributed by atoms with van der Waals surface area (Å²) in [7, 11) is 1.49. The summed E-state index contributed by atoms with van der Waals surface area (Å²) in [5.74, 6) is 0.479. The first-order valence-corrected chi connectivity index (χ1v) is 4.01. The zero-order valence-electron chi connectivity index (χ0n) is 7.48. The summed E-state index contributed by atoms with van der Waals surface area (Å²) in [6, 6.07) is 5.74. The number of hydrogen-bond acceptors (Lipinski definition) is 4. The van der Waals surface area contributed by atoms with Crippen LogP contribution < -0.4 is 10.4 Å². The number of hydrogen-bond donors (Lipinski definition) is 1. The van der Waals surface area contributed by atoms with Gasteiger partial charge in [-0.1, -0.05) is 0 Å². The molecule has 0 atom stereocenters. The Morgan fingerprint density at radius 3 is 2.86 bits per heavy atom. The third-order valence-corrected chi connectivity index (χ3v) is 1.91. The van der Waals surface area contributed by atoms with Crippen LogP contribution in [0.25, 0.3) is 11.0 Å². The number of aromatic hydroxyl groups is 1. The van der Waals surface area contributed by atoms with Crippen molar-refractivity contribution >= 4 is 11.0 Å². The van der Waals surface area contributed by atoms with Crippen LogP contribution in [-0.2, 0) is 0 Å². The summed E-state index contributed by atoms with van der Waals surface area (Å²) in [6.45, 7) is 0. The highest BCUT2D eigenvalue weighted by Gasteiger charge is 2.05. The molecule has 0 saturated heterocycles. The van der Waals surface area contributed by atoms with E-state index < -0.39 is 5.63 Å². The maximum Gasteiger partial charge on any atom is 0.336 e. The molecule has 2 rings (SSSR count). The molecule has 4 heteroatoms. The normalized spacial score (nSPS) is 10.4. The van der Waals surface area contributed by atoms with Crippen LogP contribution in [0.3, 0.4) is 0 Å². The van der Waals surface area contributed by atoms with Crippen LogP contribution in [-0.4, -0.2) is 12.2 Å². The van der Waals surface area contributed by atoms with Gasteiger partial charge in [-0.05, 0) is 6.07 Å². The highest BCUT2D eigenvalue weighted by atomic mass is 16.5. The molecular weight excluding hydrogens is 184 g/mol. The van der Waals surface area contributed by atoms with Gasteiger partial charge < -0.3 is 14.3 Å². The summed E-state index contributed by atoms with van der Waals surface area (Å²) in [5, 5.41) is 9.95. The van der Waals surface area contributed by atoms with E-state index in [-0.39, 0.29) is 5.75 Å². The van der Waals surface area contributed by atoms with Crippen molar-refractivity contribution in [2.75, 3.05) is 7.11 Å². The van der Waals surface area contributed by atoms with Crippen molar-refractivity contribution in [3.05, 3.63) is 34.7 Å². The Labute approximate surface area is 79.4 Å². The third kappa shape index (κ3) is 1.31. The molecule has 14 heavy (non-hydrogen) atoms. The summed E-state index contributed by atoms with van der Waals surface area (Å²) < 4.78 is 9.92. The zero-order valence-corrected chi connectivity index (χ0v) is 7.48. The number of ether oxygens (including phenoxy) is 1. The average molecular weight is 192 g/mol. The van der Waals surface area contributed by atoms with Crippen molar-refractivity contribution < 1.29 is 14.3 Å². The Kier molecular flexibility index (Phi) is 1.89. The summed E-state index contributed by atoms with van der Waals surface area (Å²) in [6.07, 6.45) is 0. The van der Waals surface area contributed by atoms with E-state index in [4.69, 9.17) is 9.15 Å². The van der Waals surface area contributed by atoms with E-state index in [9.17, 15) is 9.90 Å². The molecule has 0 spiro atoms. The Balaban J connectivity index is 2.87. The van der Waals surface area contributed by atoms with Crippen LogP contribution in [0.4, 0.5) is 0 Å². The fourth-order valence-corrected chi connectivity index (χ4v) is 1.30. The summed E-state index contributed by atoms with van der Waals surface area (Å²) >= 11 is 0. The molecule has 72 valence electrons. The van der Waals surface area contributed by atoms with Crippen LogP contribution in [0, 0.1) is 0 Å². The van der Waals surface area contributed by atoms with E-state index in [1.807, 2.05) is 0 Å². The fourth-order valence-electron chi connectivity index (χ4n) is 1.30. The molecule has 0 unspecified atom stereocenters. The van der Waals surface area contributed by atoms with Crippen molar-refractivity contribution in [3.8, 4) is 11.5 Å². The van der Waals surface area contributed by atoms with Gasteiger partial charge in [0, 0.05) is 18.2 Å². The molecule has 2 aromatic rings. The predicted octanol–water partition coefficient (Wildman–Crippen LogP) is 1.51. The first kappa shape index (κ1) is 8.62. The minimum Gasteiger partial charge on any atom is -0.508 e. The van der Waals surface area contributed by atoms with Gasteiger partial charge in [0.2, 0.25) is 0 Å². The second-order valence-corrected chi connectivity index (χ2v) is 2.81. The standard InChI is InChI=1S/C10H8O4/c1-13-8-4-6(11)5-9-7(8)2-3-10(12)14-9/h2-5,11H,1H3. The number of methoxy groups -OCH3 is 1. The minimum atomic E-state index is -0.454. The lowest BCUT2D eigenvalue weighted by molar-refractivity contribution is 0.411. The predicted molar refractivity (Wildman–Crippen MR) is 50.7 cm³/mol. The SMILES string of the molecule is COc1cc(O)cc2oc(=O)ccc12. The maximum absolute atomic E-state index is 10.9. The fraction of sp³-hybridized carbons (Fsp3) is 0.100. The highest BCUT2D eigenvalue weighted by molar-refractivity contribution is 5.84. The largest absolute Gasteiger partial charge is 0.508 e. The van der Waals surface area contributed by atoms with Crippen LogP contribution in [0.15, 0.2) is 33.5 Å². The lowest BCUT2D eigenvalue weighted by atomic mass is 10.2. The number of fused-ring (bicyclic) bond motifs is 1. The van der Waals surface area contributed by atoms with Crippen LogP contribution in [0.1, 0.15) is 0 Å². The number of phenolic OH excluding ortho intramolecular Hbond substituents is 1. The van der Waals surface area contributed by atoms with Crippen molar-refractivity contribution in [3.63, 3.8) is 0 Å². The average Bonchev–Trinajstić information content (AvgIpc) is 2.15. The van der Waals surface area contributed by atoms with Crippen molar-refractivity contribution in [1.82, 2.24) is 0 Å². The van der Waals surface area contributed by atoms with Gasteiger partial charge in [0.05, 0.1) is 12.5 Å². The van der Waals surface area contributed by atoms with Crippen molar-refractivity contribution in [2.24, 2.45) is 0 Å². The van der Waals surface area contributed by atoms with Crippen LogP contribution in [0.5, 0.6) is 11.5 Å². The topological polar surface area (TPSA) is 59.7 Å². The van der Waals surface area contributed by atoms with Crippen molar-refractivity contribution in [1.29, 1.82) is 0 Å². The molecule has 0 amide bonds. The molecular formula is C10H8O4. The molecule has 0 fully saturated rings. The lowest BCUT2D eigenvalue weighted by Gasteiger charge is -2.04. The lowest BCUT2D eigenvalue weighted by Crippen LogP contribution is -1.95. The molecule has 0 bridgehead atoms. The first-order valence-electron chi connectivity index (χ1n) is 4.01. The second-order valence-electron chi connectivity index (χ2n) is 2.81. The Hall–Kier alpha value is -1.97. The van der Waals surface area contributed by atoms with Crippen LogP contribution in [0.2, 0.25) is 0 Å². The van der Waals surface area contributed by atoms with E-state index in [0.717, 1.165) is 0 Å². The molecule has 0 aliphatic heterocycles. The smallest absolute Gasteiger partial charge is 0.336 e. The number of rotatable bonds is 1. The Morgan fingerprint density at radius 2 is 2.14 bits per heavy atom. The van der Waals surface area contributed by atoms with Crippen molar-refractivity contribution in [2.45, 2.75) is 0 Å². The minimum absolute atomic E-state index is 0.00343. The van der Waals surface area contributed by atoms with E-state index in [1.54, 1.807) is 6.07 Å². The summed E-state index contributed by atoms with van der Waals surface area (Å²) in [5.41, 5.74) is -0.139. The van der Waals surface area contributed by atoms with E-state index in [1.165, 1.54) is 25.3 Å². The quantitative estimate of drug-likeness (QED) is 0.695. The third-order valence-electron chi connectivity index (χ3n) is 1.91. The van der Waals surface area contributed by atoms with Gasteiger partial charge in [0.1, 0.15) is 17.1 Å². The van der Waals surface area contributed by atoms with Gasteiger partial charge >= 0.3 is 5.63 Å². The molecule has 1 aromatic heterocycles. The molecule has 1 aromatic carbocycles. The molecule has 0 saturated carbocycles. The Bertz CT molecular complexity index is 527. The monoisotopic (exact) mass is 192 g/mol. The zero-order chi connectivity index (χ0) is 10.1. The van der Waals surface area contributed by atoms with E-state index in [0.29, 0.717) is 16.7 Å². The molecule has 0 aliphatic carbocycles. The van der Waals surface area contributed by atoms with E-state index >= 15 is 0 Å². The Morgan fingerprint density at radius 1 is 1.36 bits per heavy atom. The number of benzene rings is 1. The van der Waals surface area contributed by atoms with Gasteiger partial charge in [-0.3, -0.25) is 0 Å². The van der Waals surface area contributed by atoms with Gasteiger partial charge in [-0.2, -0.15) is 0 Å². The number of phenols is 1. The molecule has 0 aliphatic rings. The molecule has 0 radical (unpaired) electrons. The molecule has 4 nitrogen and oxygen atoms in total. The summed E-state index contributed by atoms with van der Waals surface area (Å²) in [4.78, 5) is 10.9. The maximum atomic E-state index is 10.9. The molecule has 1 heterocycles. The van der Waals surface area contributed by atoms with E-state index in [2.05, 4.69) is 0 Å².